The number of hydrogen-bond donors (Lipinski definition) is 6. The number of anilines is 2. The molecular weight excluding hydrogens is 642 g/mol. The number of methoxy groups -OCH3 is 1. The van der Waals surface area contributed by atoms with Crippen molar-refractivity contribution in [3.8, 4) is 17.3 Å². The molecular formula is C30H25N11O8. The average molecular weight is 668 g/mol. The van der Waals surface area contributed by atoms with Crippen LogP contribution in [0.4, 0.5) is 11.4 Å². The molecule has 6 N–H and O–H groups in total. The molecule has 4 aromatic rings. The smallest absolute Gasteiger partial charge is 0.337 e. The Kier molecular flexibility index (Phi) is 8.89. The van der Waals surface area contributed by atoms with Crippen molar-refractivity contribution >= 4 is 46.7 Å². The molecule has 2 aliphatic heterocycles. The van der Waals surface area contributed by atoms with Gasteiger partial charge in [-0.05, 0) is 42.0 Å². The molecule has 248 valence electrons. The van der Waals surface area contributed by atoms with Gasteiger partial charge in [-0.3, -0.25) is 14.2 Å². The van der Waals surface area contributed by atoms with E-state index in [1.165, 1.54) is 61.0 Å². The molecule has 2 amide bonds. The van der Waals surface area contributed by atoms with Crippen LogP contribution in [0.1, 0.15) is 36.8 Å². The Bertz CT molecular complexity index is 2040. The number of rotatable bonds is 12. The number of carboxylic acid groups (broad SMARTS) is 2. The molecule has 0 unspecified atom stereocenters. The van der Waals surface area contributed by atoms with Gasteiger partial charge in [0.05, 0.1) is 36.2 Å². The lowest BCUT2D eigenvalue weighted by molar-refractivity contribution is -0.110. The molecule has 2 aromatic carbocycles. The van der Waals surface area contributed by atoms with Gasteiger partial charge in [0.15, 0.2) is 34.6 Å². The van der Waals surface area contributed by atoms with Gasteiger partial charge >= 0.3 is 11.9 Å². The van der Waals surface area contributed by atoms with Crippen LogP contribution in [0.15, 0.2) is 83.5 Å². The maximum Gasteiger partial charge on any atom is 0.337 e. The minimum absolute atomic E-state index is 0.0162. The van der Waals surface area contributed by atoms with Gasteiger partial charge in [-0.25, -0.2) is 20.1 Å². The number of aromatic nitrogens is 4. The first-order chi connectivity index (χ1) is 23.7. The number of hydrogen-bond acceptors (Lipinski definition) is 14. The zero-order valence-electron chi connectivity index (χ0n) is 25.3. The van der Waals surface area contributed by atoms with Crippen LogP contribution in [0.3, 0.4) is 0 Å². The number of carbonyl (C=O) groups excluding carboxylic acids is 2. The number of hydrazone groups is 2. The van der Waals surface area contributed by atoms with Crippen LogP contribution in [0.2, 0.25) is 0 Å². The van der Waals surface area contributed by atoms with Gasteiger partial charge in [-0.15, -0.1) is 25.9 Å². The number of nitrogens with one attached hydrogen (secondary N) is 4. The minimum Gasteiger partial charge on any atom is -0.493 e. The number of amides is 2. The Balaban J connectivity index is 1.15. The molecule has 2 aromatic heterocycles. The molecule has 0 spiro atoms. The van der Waals surface area contributed by atoms with Gasteiger partial charge in [-0.1, -0.05) is 6.07 Å². The second-order valence-electron chi connectivity index (χ2n) is 10.1. The first-order valence-electron chi connectivity index (χ1n) is 14.2. The van der Waals surface area contributed by atoms with E-state index in [0.29, 0.717) is 17.2 Å². The summed E-state index contributed by atoms with van der Waals surface area (Å²) in [5.74, 6) is -2.88. The topological polar surface area (TPSA) is 247 Å². The molecule has 0 radical (unpaired) electrons. The predicted molar refractivity (Wildman–Crippen MR) is 170 cm³/mol. The molecule has 0 saturated carbocycles. The van der Waals surface area contributed by atoms with Crippen molar-refractivity contribution < 1.29 is 38.9 Å². The van der Waals surface area contributed by atoms with Crippen molar-refractivity contribution in [1.82, 2.24) is 35.9 Å². The molecule has 0 saturated heterocycles. The van der Waals surface area contributed by atoms with Crippen LogP contribution in [0.5, 0.6) is 11.5 Å². The quantitative estimate of drug-likeness (QED) is 0.125. The number of amidine groups is 1. The normalized spacial score (nSPS) is 13.0. The highest BCUT2D eigenvalue weighted by Gasteiger charge is 2.24. The van der Waals surface area contributed by atoms with Crippen LogP contribution in [0, 0.1) is 0 Å². The molecule has 19 nitrogen and oxygen atoms in total. The summed E-state index contributed by atoms with van der Waals surface area (Å²) >= 11 is 0. The lowest BCUT2D eigenvalue weighted by Crippen LogP contribution is -2.40. The lowest BCUT2D eigenvalue weighted by atomic mass is 10.1. The zero-order valence-corrected chi connectivity index (χ0v) is 25.3. The molecule has 0 atom stereocenters. The van der Waals surface area contributed by atoms with E-state index in [-0.39, 0.29) is 58.4 Å². The average Bonchev–Trinajstić information content (AvgIpc) is 3.81. The van der Waals surface area contributed by atoms with E-state index in [2.05, 4.69) is 47.1 Å². The minimum atomic E-state index is -1.32. The SMILES string of the molecule is COc1cc(C(=O)O)c(NC(=O)C2=NN3NNN=C3C=C2)cc1OCCc1ccc(C(=O)O)c(NC(=O)c2ccc(-n3ccnc3)nn2)c1. The number of fused-ring (bicyclic) bond motifs is 1. The zero-order chi connectivity index (χ0) is 34.5. The van der Waals surface area contributed by atoms with Crippen molar-refractivity contribution in [3.05, 3.63) is 95.7 Å². The van der Waals surface area contributed by atoms with Gasteiger partial charge in [0.25, 0.3) is 11.8 Å². The summed E-state index contributed by atoms with van der Waals surface area (Å²) in [6.07, 6.45) is 7.94. The molecule has 19 heteroatoms. The predicted octanol–water partition coefficient (Wildman–Crippen LogP) is 1.44. The number of ether oxygens (including phenoxy) is 2. The van der Waals surface area contributed by atoms with E-state index in [9.17, 15) is 29.4 Å². The van der Waals surface area contributed by atoms with Crippen LogP contribution in [-0.4, -0.2) is 84.1 Å². The fourth-order valence-electron chi connectivity index (χ4n) is 4.61. The van der Waals surface area contributed by atoms with Gasteiger partial charge in [0, 0.05) is 30.9 Å². The molecule has 4 heterocycles. The maximum atomic E-state index is 13.0. The Morgan fingerprint density at radius 2 is 1.69 bits per heavy atom. The van der Waals surface area contributed by atoms with Gasteiger partial charge in [-0.2, -0.15) is 5.12 Å². The van der Waals surface area contributed by atoms with Crippen molar-refractivity contribution in [2.45, 2.75) is 6.42 Å². The summed E-state index contributed by atoms with van der Waals surface area (Å²) in [7, 11) is 1.33. The first-order valence-corrected chi connectivity index (χ1v) is 14.2. The standard InChI is InChI=1S/C30H25N11O8/c1-48-23-13-18(30(46)47)22(33-28(43)20-5-7-26-36-38-39-41(26)37-20)14-24(23)49-11-8-16-2-3-17(29(44)45)21(12-16)32-27(42)19-4-6-25(35-34-19)40-10-9-31-15-40/h2-7,9-10,12-15,38-39H,8,11H2,1H3,(H,32,42)(H,33,43)(H,44,45)(H,46,47). The fourth-order valence-corrected chi connectivity index (χ4v) is 4.61. The summed E-state index contributed by atoms with van der Waals surface area (Å²) in [6.45, 7) is 0.0162. The number of imidazole rings is 1. The Morgan fingerprint density at radius 1 is 0.898 bits per heavy atom. The van der Waals surface area contributed by atoms with Crippen molar-refractivity contribution in [1.29, 1.82) is 0 Å². The first kappa shape index (κ1) is 31.8. The molecule has 49 heavy (non-hydrogen) atoms. The summed E-state index contributed by atoms with van der Waals surface area (Å²) in [5, 5.41) is 41.8. The van der Waals surface area contributed by atoms with E-state index < -0.39 is 23.8 Å². The Morgan fingerprint density at radius 3 is 2.41 bits per heavy atom. The lowest BCUT2D eigenvalue weighted by Gasteiger charge is -2.17. The fraction of sp³-hybridized carbons (Fsp3) is 0.100. The number of carbonyl (C=O) groups is 4. The van der Waals surface area contributed by atoms with Crippen LogP contribution < -0.4 is 31.2 Å². The van der Waals surface area contributed by atoms with Gasteiger partial charge in [0.2, 0.25) is 0 Å². The van der Waals surface area contributed by atoms with Gasteiger partial charge < -0.3 is 30.3 Å². The number of carboxylic acids is 2. The van der Waals surface area contributed by atoms with Crippen molar-refractivity contribution in [2.75, 3.05) is 24.4 Å². The van der Waals surface area contributed by atoms with E-state index in [0.717, 1.165) is 0 Å². The highest BCUT2D eigenvalue weighted by Crippen LogP contribution is 2.34. The molecule has 0 fully saturated rings. The van der Waals surface area contributed by atoms with E-state index >= 15 is 0 Å². The third kappa shape index (κ3) is 7.00. The Hall–Kier alpha value is -7.15. The summed E-state index contributed by atoms with van der Waals surface area (Å²) in [4.78, 5) is 53.8. The van der Waals surface area contributed by atoms with E-state index in [4.69, 9.17) is 9.47 Å². The molecule has 0 aliphatic carbocycles. The molecule has 6 rings (SSSR count). The summed E-state index contributed by atoms with van der Waals surface area (Å²) < 4.78 is 12.9. The van der Waals surface area contributed by atoms with Crippen LogP contribution >= 0.6 is 0 Å². The molecule has 0 bridgehead atoms. The second-order valence-corrected chi connectivity index (χ2v) is 10.1. The van der Waals surface area contributed by atoms with E-state index in [1.807, 2.05) is 0 Å². The van der Waals surface area contributed by atoms with E-state index in [1.54, 1.807) is 29.1 Å². The number of benzene rings is 2. The maximum absolute atomic E-state index is 13.0. The second kappa shape index (κ2) is 13.7. The van der Waals surface area contributed by atoms with Crippen molar-refractivity contribution in [3.63, 3.8) is 0 Å². The highest BCUT2D eigenvalue weighted by atomic mass is 16.5. The highest BCUT2D eigenvalue weighted by molar-refractivity contribution is 6.48. The van der Waals surface area contributed by atoms with Gasteiger partial charge in [0.1, 0.15) is 6.33 Å². The van der Waals surface area contributed by atoms with Crippen molar-refractivity contribution in [2.24, 2.45) is 10.2 Å². The van der Waals surface area contributed by atoms with Crippen LogP contribution in [-0.2, 0) is 11.2 Å². The number of nitrogens with zero attached hydrogens (tertiary/aromatic N) is 7. The Labute approximate surface area is 275 Å². The third-order valence-electron chi connectivity index (χ3n) is 7.02. The monoisotopic (exact) mass is 667 g/mol. The van der Waals surface area contributed by atoms with Crippen LogP contribution in [0.25, 0.3) is 5.82 Å². The molecule has 2 aliphatic rings. The third-order valence-corrected chi connectivity index (χ3v) is 7.02. The summed E-state index contributed by atoms with van der Waals surface area (Å²) in [5.41, 5.74) is 5.18. The number of hydrazine groups is 2. The summed E-state index contributed by atoms with van der Waals surface area (Å²) in [6, 6.07) is 9.95. The largest absolute Gasteiger partial charge is 0.493 e. The number of aromatic carboxylic acids is 2.